The first-order valence-corrected chi connectivity index (χ1v) is 14.5. The van der Waals surface area contributed by atoms with Gasteiger partial charge >= 0.3 is 5.91 Å². The molecule has 0 bridgehead atoms. The van der Waals surface area contributed by atoms with Crippen LogP contribution < -0.4 is 19.1 Å². The molecular weight excluding hydrogens is 564 g/mol. The number of hydrogen-bond donors (Lipinski definition) is 1. The smallest absolute Gasteiger partial charge is 0.301 e. The second-order valence-corrected chi connectivity index (χ2v) is 10.8. The van der Waals surface area contributed by atoms with Crippen molar-refractivity contribution in [2.24, 2.45) is 0 Å². The van der Waals surface area contributed by atoms with Gasteiger partial charge in [0.25, 0.3) is 5.78 Å². The van der Waals surface area contributed by atoms with Gasteiger partial charge in [-0.1, -0.05) is 53.8 Å². The number of aromatic nitrogens is 1. The molecule has 216 valence electrons. The summed E-state index contributed by atoms with van der Waals surface area (Å²) in [6, 6.07) is 28.2. The number of Topliss-reactive ketones (excluding diaryl/α,β-unsaturated/α-hetero) is 1. The highest BCUT2D eigenvalue weighted by atomic mass is 32.1. The van der Waals surface area contributed by atoms with Crippen LogP contribution in [0.5, 0.6) is 17.2 Å². The highest BCUT2D eigenvalue weighted by Crippen LogP contribution is 2.45. The summed E-state index contributed by atoms with van der Waals surface area (Å²) in [5.41, 5.74) is 2.68. The Balaban J connectivity index is 1.42. The van der Waals surface area contributed by atoms with Crippen LogP contribution in [0.15, 0.2) is 103 Å². The molecular formula is C34H28N2O6S. The predicted octanol–water partition coefficient (Wildman–Crippen LogP) is 6.91. The monoisotopic (exact) mass is 592 g/mol. The molecule has 9 heteroatoms. The first-order chi connectivity index (χ1) is 21.0. The Morgan fingerprint density at radius 2 is 1.56 bits per heavy atom. The lowest BCUT2D eigenvalue weighted by Crippen LogP contribution is -2.29. The third kappa shape index (κ3) is 5.54. The number of rotatable bonds is 9. The fourth-order valence-electron chi connectivity index (χ4n) is 4.99. The standard InChI is InChI=1S/C34H28N2O6S/c1-3-41-24-15-11-23(12-16-24)31(37)29-30(22-9-13-25(14-10-22)42-20-21-7-5-4-6-8-21)36(33(39)32(29)38)34-35-27-18-17-26(40-2)19-28(27)43-34/h4-19,30,37H,3,20H2,1-2H3/b31-29+. The number of methoxy groups -OCH3 is 1. The van der Waals surface area contributed by atoms with Crippen molar-refractivity contribution in [1.82, 2.24) is 4.98 Å². The zero-order chi connectivity index (χ0) is 29.9. The maximum atomic E-state index is 13.6. The summed E-state index contributed by atoms with van der Waals surface area (Å²) in [7, 11) is 1.58. The van der Waals surface area contributed by atoms with Crippen molar-refractivity contribution in [2.45, 2.75) is 19.6 Å². The van der Waals surface area contributed by atoms with E-state index < -0.39 is 17.7 Å². The minimum atomic E-state index is -0.919. The highest BCUT2D eigenvalue weighted by molar-refractivity contribution is 7.22. The van der Waals surface area contributed by atoms with Gasteiger partial charge in [0.15, 0.2) is 5.13 Å². The maximum Gasteiger partial charge on any atom is 0.301 e. The van der Waals surface area contributed by atoms with Gasteiger partial charge in [0.05, 0.1) is 35.5 Å². The summed E-state index contributed by atoms with van der Waals surface area (Å²) in [5.74, 6) is 0.0738. The van der Waals surface area contributed by atoms with Crippen molar-refractivity contribution in [1.29, 1.82) is 0 Å². The van der Waals surface area contributed by atoms with Crippen LogP contribution in [0.4, 0.5) is 5.13 Å². The molecule has 8 nitrogen and oxygen atoms in total. The summed E-state index contributed by atoms with van der Waals surface area (Å²) in [4.78, 5) is 33.3. The van der Waals surface area contributed by atoms with Crippen LogP contribution in [0.2, 0.25) is 0 Å². The van der Waals surface area contributed by atoms with Crippen LogP contribution in [-0.2, 0) is 16.2 Å². The van der Waals surface area contributed by atoms with Crippen LogP contribution >= 0.6 is 11.3 Å². The summed E-state index contributed by atoms with van der Waals surface area (Å²) in [6.45, 7) is 2.77. The Kier molecular flexibility index (Phi) is 7.81. The Labute approximate surface area is 252 Å². The molecule has 2 heterocycles. The average Bonchev–Trinajstić information content (AvgIpc) is 3.58. The number of thiazole rings is 1. The SMILES string of the molecule is CCOc1ccc(/C(O)=C2\C(=O)C(=O)N(c3nc4ccc(OC)cc4s3)C2c2ccc(OCc3ccccc3)cc2)cc1. The van der Waals surface area contributed by atoms with Crippen molar-refractivity contribution in [3.8, 4) is 17.2 Å². The molecule has 1 aromatic heterocycles. The number of anilines is 1. The maximum absolute atomic E-state index is 13.6. The van der Waals surface area contributed by atoms with Gasteiger partial charge < -0.3 is 19.3 Å². The van der Waals surface area contributed by atoms with Gasteiger partial charge in [0.2, 0.25) is 0 Å². The van der Waals surface area contributed by atoms with E-state index in [1.165, 1.54) is 16.2 Å². The van der Waals surface area contributed by atoms with Gasteiger partial charge in [-0.25, -0.2) is 4.98 Å². The largest absolute Gasteiger partial charge is 0.507 e. The molecule has 4 aromatic carbocycles. The van der Waals surface area contributed by atoms with Crippen LogP contribution in [0.3, 0.4) is 0 Å². The molecule has 1 aliphatic heterocycles. The lowest BCUT2D eigenvalue weighted by Gasteiger charge is -2.23. The molecule has 5 aromatic rings. The third-order valence-electron chi connectivity index (χ3n) is 7.12. The van der Waals surface area contributed by atoms with Crippen LogP contribution in [0.1, 0.15) is 29.7 Å². The van der Waals surface area contributed by atoms with Crippen molar-refractivity contribution in [2.75, 3.05) is 18.6 Å². The van der Waals surface area contributed by atoms with Crippen molar-refractivity contribution >= 4 is 44.1 Å². The lowest BCUT2D eigenvalue weighted by atomic mass is 9.95. The zero-order valence-electron chi connectivity index (χ0n) is 23.5. The molecule has 1 atom stereocenters. The third-order valence-corrected chi connectivity index (χ3v) is 8.14. The second kappa shape index (κ2) is 12.0. The van der Waals surface area contributed by atoms with E-state index in [9.17, 15) is 14.7 Å². The van der Waals surface area contributed by atoms with Gasteiger partial charge in [-0.3, -0.25) is 14.5 Å². The molecule has 1 N–H and O–H groups in total. The molecule has 1 amide bonds. The summed E-state index contributed by atoms with van der Waals surface area (Å²) >= 11 is 1.27. The van der Waals surface area contributed by atoms with E-state index in [4.69, 9.17) is 14.2 Å². The van der Waals surface area contributed by atoms with E-state index in [1.54, 1.807) is 67.8 Å². The molecule has 0 spiro atoms. The average molecular weight is 593 g/mol. The lowest BCUT2D eigenvalue weighted by molar-refractivity contribution is -0.132. The Hall–Kier alpha value is -5.15. The van der Waals surface area contributed by atoms with Gasteiger partial charge in [-0.15, -0.1) is 0 Å². The molecule has 0 aliphatic carbocycles. The quantitative estimate of drug-likeness (QED) is 0.113. The zero-order valence-corrected chi connectivity index (χ0v) is 24.3. The van der Waals surface area contributed by atoms with Crippen LogP contribution in [-0.4, -0.2) is 35.5 Å². The first kappa shape index (κ1) is 28.0. The van der Waals surface area contributed by atoms with E-state index in [1.807, 2.05) is 43.3 Å². The van der Waals surface area contributed by atoms with Gasteiger partial charge in [0.1, 0.15) is 29.6 Å². The summed E-state index contributed by atoms with van der Waals surface area (Å²) < 4.78 is 17.6. The number of carbonyl (C=O) groups is 2. The van der Waals surface area contributed by atoms with Gasteiger partial charge in [0, 0.05) is 5.56 Å². The van der Waals surface area contributed by atoms with Crippen molar-refractivity contribution in [3.05, 3.63) is 119 Å². The molecule has 1 aliphatic rings. The minimum absolute atomic E-state index is 0.0241. The fourth-order valence-corrected chi connectivity index (χ4v) is 6.01. The number of fused-ring (bicyclic) bond motifs is 1. The predicted molar refractivity (Wildman–Crippen MR) is 166 cm³/mol. The number of ether oxygens (including phenoxy) is 3. The number of benzene rings is 4. The molecule has 0 radical (unpaired) electrons. The number of carbonyl (C=O) groups excluding carboxylic acids is 2. The summed E-state index contributed by atoms with van der Waals surface area (Å²) in [6.07, 6.45) is 0. The van der Waals surface area contributed by atoms with Crippen molar-refractivity contribution in [3.63, 3.8) is 0 Å². The first-order valence-electron chi connectivity index (χ1n) is 13.7. The van der Waals surface area contributed by atoms with E-state index >= 15 is 0 Å². The van der Waals surface area contributed by atoms with Gasteiger partial charge in [-0.2, -0.15) is 0 Å². The molecule has 1 unspecified atom stereocenters. The number of aliphatic hydroxyl groups excluding tert-OH is 1. The number of amides is 1. The van der Waals surface area contributed by atoms with E-state index in [0.717, 1.165) is 10.3 Å². The Morgan fingerprint density at radius 3 is 2.26 bits per heavy atom. The molecule has 1 saturated heterocycles. The highest BCUT2D eigenvalue weighted by Gasteiger charge is 2.48. The normalized spacial score (nSPS) is 16.0. The molecule has 0 saturated carbocycles. The Morgan fingerprint density at radius 1 is 0.884 bits per heavy atom. The van der Waals surface area contributed by atoms with Crippen LogP contribution in [0, 0.1) is 0 Å². The number of ketones is 1. The molecule has 1 fully saturated rings. The summed E-state index contributed by atoms with van der Waals surface area (Å²) in [5, 5.41) is 11.8. The Bertz CT molecular complexity index is 1810. The van der Waals surface area contributed by atoms with E-state index in [0.29, 0.717) is 52.2 Å². The molecule has 43 heavy (non-hydrogen) atoms. The number of nitrogens with zero attached hydrogens (tertiary/aromatic N) is 2. The van der Waals surface area contributed by atoms with E-state index in [2.05, 4.69) is 4.98 Å². The van der Waals surface area contributed by atoms with Crippen molar-refractivity contribution < 1.29 is 28.9 Å². The number of hydrogen-bond acceptors (Lipinski definition) is 8. The van der Waals surface area contributed by atoms with Crippen LogP contribution in [0.25, 0.3) is 16.0 Å². The second-order valence-electron chi connectivity index (χ2n) is 9.80. The fraction of sp³-hybridized carbons (Fsp3) is 0.147. The van der Waals surface area contributed by atoms with E-state index in [-0.39, 0.29) is 11.3 Å². The van der Waals surface area contributed by atoms with Gasteiger partial charge in [-0.05, 0) is 72.6 Å². The number of aliphatic hydroxyl groups is 1. The minimum Gasteiger partial charge on any atom is -0.507 e. The molecule has 6 rings (SSSR count). The topological polar surface area (TPSA) is 98.2 Å².